The van der Waals surface area contributed by atoms with Crippen LogP contribution in [0.25, 0.3) is 0 Å². The largest absolute Gasteiger partial charge is 0.484 e. The predicted octanol–water partition coefficient (Wildman–Crippen LogP) is 3.61. The summed E-state index contributed by atoms with van der Waals surface area (Å²) < 4.78 is 6.61. The molecule has 0 heterocycles. The van der Waals surface area contributed by atoms with Gasteiger partial charge >= 0.3 is 0 Å². The summed E-state index contributed by atoms with van der Waals surface area (Å²) in [5.74, 6) is 1.06. The number of nitrogens with one attached hydrogen (secondary N) is 1. The Labute approximate surface area is 123 Å². The number of hydrogen-bond acceptors (Lipinski definition) is 2. The van der Waals surface area contributed by atoms with Gasteiger partial charge in [-0.3, -0.25) is 4.79 Å². The number of aryl methyl sites for hydroxylation is 2. The number of carbonyl (C=O) groups excluding carboxylic acids is 1. The van der Waals surface area contributed by atoms with E-state index < -0.39 is 0 Å². The van der Waals surface area contributed by atoms with Crippen LogP contribution in [0, 0.1) is 19.8 Å². The van der Waals surface area contributed by atoms with E-state index in [1.165, 1.54) is 0 Å². The molecule has 1 rings (SSSR count). The molecule has 1 aromatic rings. The van der Waals surface area contributed by atoms with Crippen molar-refractivity contribution in [1.29, 1.82) is 0 Å². The molecule has 1 atom stereocenters. The Morgan fingerprint density at radius 2 is 1.79 bits per heavy atom. The molecule has 1 aromatic carbocycles. The van der Waals surface area contributed by atoms with Crippen LogP contribution >= 0.6 is 15.9 Å². The van der Waals surface area contributed by atoms with Crippen LogP contribution in [0.2, 0.25) is 0 Å². The maximum Gasteiger partial charge on any atom is 0.258 e. The monoisotopic (exact) mass is 327 g/mol. The highest BCUT2D eigenvalue weighted by Gasteiger charge is 2.11. The Balaban J connectivity index is 2.55. The quantitative estimate of drug-likeness (QED) is 0.897. The molecule has 19 heavy (non-hydrogen) atoms. The van der Waals surface area contributed by atoms with Crippen molar-refractivity contribution in [1.82, 2.24) is 5.32 Å². The second kappa shape index (κ2) is 6.94. The molecular weight excluding hydrogens is 306 g/mol. The summed E-state index contributed by atoms with van der Waals surface area (Å²) in [4.78, 5) is 11.7. The van der Waals surface area contributed by atoms with Gasteiger partial charge in [0.05, 0.1) is 0 Å². The van der Waals surface area contributed by atoms with Crippen LogP contribution in [-0.2, 0) is 4.79 Å². The van der Waals surface area contributed by atoms with Gasteiger partial charge in [0.1, 0.15) is 5.75 Å². The van der Waals surface area contributed by atoms with Gasteiger partial charge in [0.2, 0.25) is 0 Å². The molecule has 0 unspecified atom stereocenters. The molecule has 0 spiro atoms. The Kier molecular flexibility index (Phi) is 5.85. The van der Waals surface area contributed by atoms with Crippen LogP contribution in [0.5, 0.6) is 5.75 Å². The van der Waals surface area contributed by atoms with E-state index in [2.05, 4.69) is 35.1 Å². The van der Waals surface area contributed by atoms with Gasteiger partial charge in [0.25, 0.3) is 5.91 Å². The third kappa shape index (κ3) is 4.86. The zero-order chi connectivity index (χ0) is 14.6. The first-order chi connectivity index (χ1) is 8.81. The summed E-state index contributed by atoms with van der Waals surface area (Å²) in [6.45, 7) is 10.2. The molecule has 0 aliphatic rings. The van der Waals surface area contributed by atoms with Gasteiger partial charge in [-0.05, 0) is 49.9 Å². The third-order valence-corrected chi connectivity index (χ3v) is 4.42. The third-order valence-electron chi connectivity index (χ3n) is 3.17. The van der Waals surface area contributed by atoms with Crippen molar-refractivity contribution in [2.75, 3.05) is 6.61 Å². The molecule has 1 amide bonds. The molecule has 106 valence electrons. The smallest absolute Gasteiger partial charge is 0.258 e. The lowest BCUT2D eigenvalue weighted by Gasteiger charge is -2.17. The summed E-state index contributed by atoms with van der Waals surface area (Å²) in [6, 6.07) is 4.01. The van der Waals surface area contributed by atoms with Crippen LogP contribution < -0.4 is 10.1 Å². The van der Waals surface area contributed by atoms with Gasteiger partial charge < -0.3 is 10.1 Å². The molecule has 0 saturated carbocycles. The van der Waals surface area contributed by atoms with E-state index in [4.69, 9.17) is 4.74 Å². The molecule has 0 saturated heterocycles. The second-order valence-corrected chi connectivity index (χ2v) is 6.05. The number of hydrogen-bond donors (Lipinski definition) is 1. The van der Waals surface area contributed by atoms with Gasteiger partial charge in [-0.1, -0.05) is 29.8 Å². The van der Waals surface area contributed by atoms with Crippen molar-refractivity contribution < 1.29 is 9.53 Å². The minimum Gasteiger partial charge on any atom is -0.484 e. The summed E-state index contributed by atoms with van der Waals surface area (Å²) in [6.07, 6.45) is 0. The fraction of sp³-hybridized carbons (Fsp3) is 0.533. The van der Waals surface area contributed by atoms with Gasteiger partial charge in [0.15, 0.2) is 6.61 Å². The average molecular weight is 328 g/mol. The first kappa shape index (κ1) is 16.0. The van der Waals surface area contributed by atoms with E-state index in [9.17, 15) is 4.79 Å². The number of ether oxygens (including phenoxy) is 1. The maximum atomic E-state index is 11.7. The maximum absolute atomic E-state index is 11.7. The van der Waals surface area contributed by atoms with Gasteiger partial charge in [-0.2, -0.15) is 0 Å². The van der Waals surface area contributed by atoms with E-state index in [-0.39, 0.29) is 18.6 Å². The van der Waals surface area contributed by atoms with E-state index in [1.807, 2.05) is 32.9 Å². The molecule has 0 aromatic heterocycles. The van der Waals surface area contributed by atoms with E-state index in [0.717, 1.165) is 21.3 Å². The minimum absolute atomic E-state index is 0.0531. The summed E-state index contributed by atoms with van der Waals surface area (Å²) in [5.41, 5.74) is 2.21. The van der Waals surface area contributed by atoms with Crippen LogP contribution in [0.15, 0.2) is 16.6 Å². The number of halogens is 1. The van der Waals surface area contributed by atoms with Gasteiger partial charge in [0, 0.05) is 10.5 Å². The van der Waals surface area contributed by atoms with Gasteiger partial charge in [-0.25, -0.2) is 0 Å². The van der Waals surface area contributed by atoms with Crippen molar-refractivity contribution in [3.8, 4) is 5.75 Å². The van der Waals surface area contributed by atoms with Crippen LogP contribution in [0.1, 0.15) is 31.9 Å². The predicted molar refractivity (Wildman–Crippen MR) is 81.6 cm³/mol. The summed E-state index contributed by atoms with van der Waals surface area (Å²) >= 11 is 3.51. The molecule has 0 fully saturated rings. The lowest BCUT2D eigenvalue weighted by Crippen LogP contribution is -2.38. The van der Waals surface area contributed by atoms with Crippen LogP contribution in [0.3, 0.4) is 0 Å². The van der Waals surface area contributed by atoms with Crippen molar-refractivity contribution in [3.05, 3.63) is 27.7 Å². The Hall–Kier alpha value is -1.03. The Morgan fingerprint density at radius 3 is 2.26 bits per heavy atom. The average Bonchev–Trinajstić information content (AvgIpc) is 2.33. The highest BCUT2D eigenvalue weighted by molar-refractivity contribution is 9.10. The Bertz CT molecular complexity index is 434. The van der Waals surface area contributed by atoms with Crippen molar-refractivity contribution in [2.45, 2.75) is 40.7 Å². The highest BCUT2D eigenvalue weighted by atomic mass is 79.9. The van der Waals surface area contributed by atoms with Gasteiger partial charge in [-0.15, -0.1) is 0 Å². The molecular formula is C15H22BrNO2. The molecule has 3 nitrogen and oxygen atoms in total. The van der Waals surface area contributed by atoms with Crippen LogP contribution in [-0.4, -0.2) is 18.6 Å². The fourth-order valence-corrected chi connectivity index (χ4v) is 1.83. The molecule has 0 aliphatic heterocycles. The Morgan fingerprint density at radius 1 is 1.26 bits per heavy atom. The first-order valence-corrected chi connectivity index (χ1v) is 7.29. The standard InChI is InChI=1S/C15H22BrNO2/c1-9(2)12(5)17-14(18)8-19-13-6-10(3)15(16)11(4)7-13/h6-7,9,12H,8H2,1-5H3,(H,17,18)/t12-/m0/s1. The lowest BCUT2D eigenvalue weighted by molar-refractivity contribution is -0.124. The molecule has 1 N–H and O–H groups in total. The summed E-state index contributed by atoms with van der Waals surface area (Å²) in [7, 11) is 0. The van der Waals surface area contributed by atoms with E-state index in [1.54, 1.807) is 0 Å². The van der Waals surface area contributed by atoms with Crippen molar-refractivity contribution >= 4 is 21.8 Å². The van der Waals surface area contributed by atoms with Crippen molar-refractivity contribution in [3.63, 3.8) is 0 Å². The zero-order valence-corrected chi connectivity index (χ0v) is 13.8. The van der Waals surface area contributed by atoms with E-state index in [0.29, 0.717) is 5.92 Å². The van der Waals surface area contributed by atoms with E-state index >= 15 is 0 Å². The zero-order valence-electron chi connectivity index (χ0n) is 12.2. The normalized spacial score (nSPS) is 12.4. The van der Waals surface area contributed by atoms with Crippen molar-refractivity contribution in [2.24, 2.45) is 5.92 Å². The number of carbonyl (C=O) groups is 1. The topological polar surface area (TPSA) is 38.3 Å². The molecule has 0 bridgehead atoms. The highest BCUT2D eigenvalue weighted by Crippen LogP contribution is 2.26. The van der Waals surface area contributed by atoms with Crippen LogP contribution in [0.4, 0.5) is 0 Å². The fourth-order valence-electron chi connectivity index (χ4n) is 1.60. The summed E-state index contributed by atoms with van der Waals surface area (Å²) in [5, 5.41) is 2.92. The number of amides is 1. The number of rotatable bonds is 5. The SMILES string of the molecule is Cc1cc(OCC(=O)N[C@@H](C)C(C)C)cc(C)c1Br. The first-order valence-electron chi connectivity index (χ1n) is 6.50. The lowest BCUT2D eigenvalue weighted by atomic mass is 10.1. The second-order valence-electron chi connectivity index (χ2n) is 5.26. The molecule has 0 radical (unpaired) electrons. The number of benzene rings is 1. The molecule has 4 heteroatoms. The minimum atomic E-state index is -0.0839. The molecule has 0 aliphatic carbocycles.